The number of esters is 1. The molecule has 0 heterocycles. The third-order valence-electron chi connectivity index (χ3n) is 12.5. The molecule has 0 rings (SSSR count). The molecule has 0 aliphatic rings. The fourth-order valence-electron chi connectivity index (χ4n) is 8.47. The number of hydrogen-bond donors (Lipinski definition) is 0. The van der Waals surface area contributed by atoms with Crippen molar-refractivity contribution in [1.82, 2.24) is 0 Å². The Kier molecular flexibility index (Phi) is 42.7. The van der Waals surface area contributed by atoms with Crippen LogP contribution in [0.2, 0.25) is 0 Å². The molecule has 0 saturated carbocycles. The quantitative estimate of drug-likeness (QED) is 0.0351. The smallest absolute Gasteiger partial charge is 0.333 e. The summed E-state index contributed by atoms with van der Waals surface area (Å²) in [6, 6.07) is 0. The first-order valence-electron chi connectivity index (χ1n) is 25.2. The zero-order chi connectivity index (χ0) is 39.6. The molecule has 0 amide bonds. The average molecular weight is 759 g/mol. The van der Waals surface area contributed by atoms with Crippen molar-refractivity contribution < 1.29 is 9.53 Å². The lowest BCUT2D eigenvalue weighted by molar-refractivity contribution is -0.140. The highest BCUT2D eigenvalue weighted by molar-refractivity contribution is 5.86. The second-order valence-corrected chi connectivity index (χ2v) is 18.5. The van der Waals surface area contributed by atoms with Crippen molar-refractivity contribution in [3.8, 4) is 0 Å². The van der Waals surface area contributed by atoms with Gasteiger partial charge in [0.2, 0.25) is 0 Å². The van der Waals surface area contributed by atoms with E-state index in [9.17, 15) is 4.79 Å². The first kappa shape index (κ1) is 53.2. The van der Waals surface area contributed by atoms with E-state index in [2.05, 4.69) is 34.3 Å². The van der Waals surface area contributed by atoms with E-state index in [0.29, 0.717) is 18.1 Å². The van der Waals surface area contributed by atoms with E-state index in [1.165, 1.54) is 257 Å². The van der Waals surface area contributed by atoms with Gasteiger partial charge in [0.1, 0.15) is 0 Å². The monoisotopic (exact) mass is 759 g/mol. The maximum Gasteiger partial charge on any atom is 0.333 e. The second kappa shape index (κ2) is 43.3. The topological polar surface area (TPSA) is 26.3 Å². The molecule has 3 atom stereocenters. The van der Waals surface area contributed by atoms with Crippen LogP contribution in [0.5, 0.6) is 0 Å². The fraction of sp³-hybridized carbons (Fsp3) is 0.942. The van der Waals surface area contributed by atoms with Crippen LogP contribution in [0.4, 0.5) is 0 Å². The van der Waals surface area contributed by atoms with E-state index in [1.807, 2.05) is 0 Å². The number of ether oxygens (including phenoxy) is 1. The summed E-state index contributed by atoms with van der Waals surface area (Å²) in [5.74, 6) is 2.20. The number of carbonyl (C=O) groups is 1. The SMILES string of the molecule is C=C(C)C(=O)OCC(CCCCCCCCCCCCCCCCCCC(C)CCCC)CCCCCCCCCCCCCCCCC(C)CCCC. The summed E-state index contributed by atoms with van der Waals surface area (Å²) in [6.07, 6.45) is 56.3. The maximum absolute atomic E-state index is 12.1. The van der Waals surface area contributed by atoms with E-state index < -0.39 is 0 Å². The van der Waals surface area contributed by atoms with E-state index in [4.69, 9.17) is 4.74 Å². The Morgan fingerprint density at radius 2 is 0.611 bits per heavy atom. The molecule has 0 aromatic carbocycles. The molecule has 0 spiro atoms. The Balaban J connectivity index is 3.69. The van der Waals surface area contributed by atoms with Crippen LogP contribution in [0.25, 0.3) is 0 Å². The van der Waals surface area contributed by atoms with Crippen molar-refractivity contribution in [2.45, 2.75) is 291 Å². The van der Waals surface area contributed by atoms with Gasteiger partial charge in [0.15, 0.2) is 0 Å². The van der Waals surface area contributed by atoms with Gasteiger partial charge in [0, 0.05) is 5.57 Å². The summed E-state index contributed by atoms with van der Waals surface area (Å²) in [4.78, 5) is 12.1. The number of carbonyl (C=O) groups excluding carboxylic acids is 1. The minimum atomic E-state index is -0.212. The summed E-state index contributed by atoms with van der Waals surface area (Å²) >= 11 is 0. The van der Waals surface area contributed by atoms with Gasteiger partial charge in [-0.15, -0.1) is 0 Å². The first-order valence-corrected chi connectivity index (χ1v) is 25.2. The molecule has 322 valence electrons. The molecule has 0 aliphatic heterocycles. The van der Waals surface area contributed by atoms with E-state index in [1.54, 1.807) is 6.92 Å². The van der Waals surface area contributed by atoms with E-state index >= 15 is 0 Å². The van der Waals surface area contributed by atoms with Crippen LogP contribution in [0, 0.1) is 17.8 Å². The lowest BCUT2D eigenvalue weighted by Crippen LogP contribution is -2.15. The maximum atomic E-state index is 12.1. The van der Waals surface area contributed by atoms with Gasteiger partial charge in [-0.2, -0.15) is 0 Å². The van der Waals surface area contributed by atoms with Crippen molar-refractivity contribution in [3.05, 3.63) is 12.2 Å². The van der Waals surface area contributed by atoms with E-state index in [0.717, 1.165) is 11.8 Å². The Bertz CT molecular complexity index is 757. The highest BCUT2D eigenvalue weighted by atomic mass is 16.5. The largest absolute Gasteiger partial charge is 0.462 e. The molecular weight excluding hydrogens is 657 g/mol. The lowest BCUT2D eigenvalue weighted by atomic mass is 9.94. The van der Waals surface area contributed by atoms with Gasteiger partial charge in [-0.1, -0.05) is 278 Å². The van der Waals surface area contributed by atoms with Gasteiger partial charge >= 0.3 is 5.97 Å². The molecule has 0 N–H and O–H groups in total. The predicted molar refractivity (Wildman–Crippen MR) is 244 cm³/mol. The molecule has 0 radical (unpaired) electrons. The predicted octanol–water partition coefficient (Wildman–Crippen LogP) is 18.6. The van der Waals surface area contributed by atoms with Gasteiger partial charge in [-0.25, -0.2) is 4.79 Å². The molecule has 0 fully saturated rings. The number of unbranched alkanes of at least 4 members (excludes halogenated alkanes) is 30. The summed E-state index contributed by atoms with van der Waals surface area (Å²) in [5.41, 5.74) is 0.524. The first-order chi connectivity index (χ1) is 26.4. The Morgan fingerprint density at radius 1 is 0.389 bits per heavy atom. The van der Waals surface area contributed by atoms with E-state index in [-0.39, 0.29) is 5.97 Å². The summed E-state index contributed by atoms with van der Waals surface area (Å²) in [6.45, 7) is 15.6. The van der Waals surface area contributed by atoms with Gasteiger partial charge in [-0.3, -0.25) is 0 Å². The van der Waals surface area contributed by atoms with Crippen LogP contribution in [0.1, 0.15) is 291 Å². The van der Waals surface area contributed by atoms with Crippen LogP contribution < -0.4 is 0 Å². The van der Waals surface area contributed by atoms with Crippen LogP contribution in [0.3, 0.4) is 0 Å². The van der Waals surface area contributed by atoms with Crippen molar-refractivity contribution in [2.75, 3.05) is 6.61 Å². The van der Waals surface area contributed by atoms with Crippen LogP contribution >= 0.6 is 0 Å². The molecule has 0 aromatic heterocycles. The van der Waals surface area contributed by atoms with Crippen LogP contribution in [-0.2, 0) is 9.53 Å². The molecular formula is C52H102O2. The Morgan fingerprint density at radius 3 is 0.852 bits per heavy atom. The molecule has 54 heavy (non-hydrogen) atoms. The third kappa shape index (κ3) is 40.9. The zero-order valence-electron chi connectivity index (χ0n) is 38.2. The summed E-state index contributed by atoms with van der Waals surface area (Å²) in [7, 11) is 0. The normalized spacial score (nSPS) is 13.3. The molecule has 2 heteroatoms. The Hall–Kier alpha value is -0.790. The minimum Gasteiger partial charge on any atom is -0.462 e. The highest BCUT2D eigenvalue weighted by Gasteiger charge is 2.13. The number of rotatable bonds is 45. The second-order valence-electron chi connectivity index (χ2n) is 18.5. The summed E-state index contributed by atoms with van der Waals surface area (Å²) < 4.78 is 5.62. The molecule has 0 bridgehead atoms. The third-order valence-corrected chi connectivity index (χ3v) is 12.5. The molecule has 3 unspecified atom stereocenters. The zero-order valence-corrected chi connectivity index (χ0v) is 38.2. The van der Waals surface area contributed by atoms with Crippen molar-refractivity contribution in [2.24, 2.45) is 17.8 Å². The number of hydrogen-bond acceptors (Lipinski definition) is 2. The average Bonchev–Trinajstić information content (AvgIpc) is 3.16. The van der Waals surface area contributed by atoms with Crippen LogP contribution in [0.15, 0.2) is 12.2 Å². The lowest BCUT2D eigenvalue weighted by Gasteiger charge is -2.17. The minimum absolute atomic E-state index is 0.212. The van der Waals surface area contributed by atoms with Crippen molar-refractivity contribution in [1.29, 1.82) is 0 Å². The summed E-state index contributed by atoms with van der Waals surface area (Å²) in [5, 5.41) is 0. The Labute approximate surface area is 342 Å². The molecule has 0 aromatic rings. The van der Waals surface area contributed by atoms with Gasteiger partial charge in [-0.05, 0) is 37.5 Å². The molecule has 0 saturated heterocycles. The fourth-order valence-corrected chi connectivity index (χ4v) is 8.47. The van der Waals surface area contributed by atoms with Crippen LogP contribution in [-0.4, -0.2) is 12.6 Å². The van der Waals surface area contributed by atoms with Gasteiger partial charge in [0.25, 0.3) is 0 Å². The van der Waals surface area contributed by atoms with Crippen molar-refractivity contribution >= 4 is 5.97 Å². The van der Waals surface area contributed by atoms with Crippen molar-refractivity contribution in [3.63, 3.8) is 0 Å². The molecule has 0 aliphatic carbocycles. The standard InChI is InChI=1S/C52H102O2/c1-7-9-41-49(5)43-37-33-29-25-21-17-13-11-12-14-19-23-27-31-35-39-45-51(47-54-52(53)48(3)4)46-40-36-32-28-24-20-16-15-18-22-26-30-34-38-44-50(6)42-10-8-2/h49-51H,3,7-47H2,1-2,4-6H3. The highest BCUT2D eigenvalue weighted by Crippen LogP contribution is 2.22. The molecule has 2 nitrogen and oxygen atoms in total. The van der Waals surface area contributed by atoms with Gasteiger partial charge in [0.05, 0.1) is 6.61 Å². The van der Waals surface area contributed by atoms with Gasteiger partial charge < -0.3 is 4.74 Å².